The van der Waals surface area contributed by atoms with Gasteiger partial charge in [0.25, 0.3) is 0 Å². The van der Waals surface area contributed by atoms with Gasteiger partial charge in [0.15, 0.2) is 12.2 Å². The summed E-state index contributed by atoms with van der Waals surface area (Å²) >= 11 is 0. The third-order valence-electron chi connectivity index (χ3n) is 5.99. The molecule has 10 nitrogen and oxygen atoms in total. The van der Waals surface area contributed by atoms with E-state index >= 15 is 0 Å². The number of ether oxygens (including phenoxy) is 6. The molecule has 0 spiro atoms. The molecule has 0 saturated carbocycles. The van der Waals surface area contributed by atoms with Crippen molar-refractivity contribution in [3.63, 3.8) is 0 Å². The summed E-state index contributed by atoms with van der Waals surface area (Å²) in [6, 6.07) is 15.5. The van der Waals surface area contributed by atoms with E-state index in [2.05, 4.69) is 19.1 Å². The summed E-state index contributed by atoms with van der Waals surface area (Å²) in [5, 5.41) is 0. The van der Waals surface area contributed by atoms with E-state index in [0.29, 0.717) is 12.2 Å². The molecule has 0 amide bonds. The van der Waals surface area contributed by atoms with E-state index in [0.717, 1.165) is 17.5 Å². The van der Waals surface area contributed by atoms with Crippen molar-refractivity contribution in [2.45, 2.75) is 78.2 Å². The molecule has 1 aliphatic heterocycles. The molecule has 2 aromatic rings. The Balaban J connectivity index is 1.97. The minimum atomic E-state index is -1.30. The number of benzene rings is 2. The summed E-state index contributed by atoms with van der Waals surface area (Å²) < 4.78 is 33.8. The Morgan fingerprint density at radius 2 is 1.28 bits per heavy atom. The lowest BCUT2D eigenvalue weighted by Crippen LogP contribution is -2.63. The fourth-order valence-corrected chi connectivity index (χ4v) is 4.29. The first-order valence-electron chi connectivity index (χ1n) is 12.7. The van der Waals surface area contributed by atoms with E-state index in [4.69, 9.17) is 28.4 Å². The first kappa shape index (κ1) is 29.6. The smallest absolute Gasteiger partial charge is 0.303 e. The highest BCUT2D eigenvalue weighted by Crippen LogP contribution is 2.32. The Kier molecular flexibility index (Phi) is 10.4. The van der Waals surface area contributed by atoms with Gasteiger partial charge in [0.2, 0.25) is 12.4 Å². The maximum Gasteiger partial charge on any atom is 0.303 e. The minimum absolute atomic E-state index is 0.330. The molecule has 210 valence electrons. The number of aryl methyl sites for hydroxylation is 1. The highest BCUT2D eigenvalue weighted by atomic mass is 16.7. The normalized spacial score (nSPS) is 22.3. The largest absolute Gasteiger partial charge is 0.463 e. The van der Waals surface area contributed by atoms with Crippen molar-refractivity contribution in [1.82, 2.24) is 0 Å². The summed E-state index contributed by atoms with van der Waals surface area (Å²) in [5.74, 6) is -2.26. The molecular weight excluding hydrogens is 508 g/mol. The molecule has 39 heavy (non-hydrogen) atoms. The number of hydrogen-bond acceptors (Lipinski definition) is 10. The third kappa shape index (κ3) is 8.54. The standard InChI is InChI=1S/C29H34O10/c1-6-21-11-13-22(14-12-21)15-23-9-7-8-10-24(23)38-29-28(37-20(5)33)27(36-19(4)32)26(35-18(3)31)25(39-29)16-34-17(2)30/h7-14,25-29H,6,15-16H2,1-5H3/t25-,26-,27+,28-,29+/m1/s1. The van der Waals surface area contributed by atoms with E-state index in [9.17, 15) is 19.2 Å². The predicted molar refractivity (Wildman–Crippen MR) is 138 cm³/mol. The van der Waals surface area contributed by atoms with Crippen LogP contribution >= 0.6 is 0 Å². The average molecular weight is 543 g/mol. The van der Waals surface area contributed by atoms with Crippen LogP contribution < -0.4 is 4.74 Å². The second-order valence-electron chi connectivity index (χ2n) is 9.14. The van der Waals surface area contributed by atoms with Gasteiger partial charge < -0.3 is 28.4 Å². The average Bonchev–Trinajstić information content (AvgIpc) is 2.87. The van der Waals surface area contributed by atoms with Crippen LogP contribution in [0.15, 0.2) is 48.5 Å². The quantitative estimate of drug-likeness (QED) is 0.326. The van der Waals surface area contributed by atoms with Gasteiger partial charge in [-0.25, -0.2) is 0 Å². The van der Waals surface area contributed by atoms with Gasteiger partial charge in [-0.3, -0.25) is 19.2 Å². The Morgan fingerprint density at radius 1 is 0.718 bits per heavy atom. The lowest BCUT2D eigenvalue weighted by molar-refractivity contribution is -0.288. The van der Waals surface area contributed by atoms with Crippen LogP contribution in [0.25, 0.3) is 0 Å². The molecule has 0 aromatic heterocycles. The van der Waals surface area contributed by atoms with Crippen molar-refractivity contribution < 1.29 is 47.6 Å². The molecule has 3 rings (SSSR count). The van der Waals surface area contributed by atoms with Gasteiger partial charge in [0.05, 0.1) is 0 Å². The summed E-state index contributed by atoms with van der Waals surface area (Å²) in [7, 11) is 0. The van der Waals surface area contributed by atoms with Crippen molar-refractivity contribution in [2.24, 2.45) is 0 Å². The van der Waals surface area contributed by atoms with E-state index in [1.807, 2.05) is 24.3 Å². The van der Waals surface area contributed by atoms with Crippen LogP contribution in [0.4, 0.5) is 0 Å². The van der Waals surface area contributed by atoms with Gasteiger partial charge in [-0.15, -0.1) is 0 Å². The fraction of sp³-hybridized carbons (Fsp3) is 0.448. The van der Waals surface area contributed by atoms with Gasteiger partial charge in [-0.05, 0) is 29.2 Å². The molecule has 0 bridgehead atoms. The van der Waals surface area contributed by atoms with Crippen molar-refractivity contribution in [3.05, 3.63) is 65.2 Å². The Morgan fingerprint density at radius 3 is 1.87 bits per heavy atom. The van der Waals surface area contributed by atoms with Crippen molar-refractivity contribution in [3.8, 4) is 5.75 Å². The molecule has 1 saturated heterocycles. The van der Waals surface area contributed by atoms with Crippen LogP contribution in [0.5, 0.6) is 5.75 Å². The van der Waals surface area contributed by atoms with Crippen molar-refractivity contribution >= 4 is 23.9 Å². The second-order valence-corrected chi connectivity index (χ2v) is 9.14. The van der Waals surface area contributed by atoms with E-state index in [-0.39, 0.29) is 6.61 Å². The first-order chi connectivity index (χ1) is 18.6. The van der Waals surface area contributed by atoms with E-state index < -0.39 is 54.6 Å². The van der Waals surface area contributed by atoms with E-state index in [1.54, 1.807) is 12.1 Å². The van der Waals surface area contributed by atoms with Gasteiger partial charge >= 0.3 is 23.9 Å². The van der Waals surface area contributed by atoms with Gasteiger partial charge in [-0.1, -0.05) is 49.4 Å². The molecule has 1 heterocycles. The Labute approximate surface area is 227 Å². The molecule has 1 fully saturated rings. The molecular formula is C29H34O10. The molecule has 0 N–H and O–H groups in total. The summed E-state index contributed by atoms with van der Waals surface area (Å²) in [4.78, 5) is 47.6. The van der Waals surface area contributed by atoms with Crippen molar-refractivity contribution in [2.75, 3.05) is 6.61 Å². The molecule has 0 aliphatic carbocycles. The number of hydrogen-bond donors (Lipinski definition) is 0. The summed E-state index contributed by atoms with van der Waals surface area (Å²) in [6.07, 6.45) is -4.76. The zero-order chi connectivity index (χ0) is 28.5. The lowest BCUT2D eigenvalue weighted by atomic mass is 9.98. The number of para-hydroxylation sites is 1. The van der Waals surface area contributed by atoms with Crippen LogP contribution in [0.3, 0.4) is 0 Å². The monoisotopic (exact) mass is 542 g/mol. The Hall–Kier alpha value is -3.92. The van der Waals surface area contributed by atoms with Crippen LogP contribution in [-0.4, -0.2) is 61.2 Å². The zero-order valence-corrected chi connectivity index (χ0v) is 22.7. The van der Waals surface area contributed by atoms with Gasteiger partial charge in [0, 0.05) is 34.1 Å². The highest BCUT2D eigenvalue weighted by Gasteiger charge is 2.53. The SMILES string of the molecule is CCc1ccc(Cc2ccccc2O[C@H]2O[C@H](COC(C)=O)[C@@H](OC(C)=O)[C@H](OC(C)=O)[C@H]2OC(C)=O)cc1. The maximum atomic E-state index is 12.1. The fourth-order valence-electron chi connectivity index (χ4n) is 4.29. The van der Waals surface area contributed by atoms with Crippen molar-refractivity contribution in [1.29, 1.82) is 0 Å². The molecule has 1 aliphatic rings. The van der Waals surface area contributed by atoms with Crippen LogP contribution in [0.1, 0.15) is 51.3 Å². The van der Waals surface area contributed by atoms with Gasteiger partial charge in [0.1, 0.15) is 18.5 Å². The van der Waals surface area contributed by atoms with Crippen LogP contribution in [0, 0.1) is 0 Å². The topological polar surface area (TPSA) is 124 Å². The highest BCUT2D eigenvalue weighted by molar-refractivity contribution is 5.68. The molecule has 5 atom stereocenters. The summed E-state index contributed by atoms with van der Waals surface area (Å²) in [5.41, 5.74) is 3.11. The molecule has 0 radical (unpaired) electrons. The number of carbonyl (C=O) groups excluding carboxylic acids is 4. The Bertz CT molecular complexity index is 1160. The van der Waals surface area contributed by atoms with Crippen LogP contribution in [-0.2, 0) is 55.7 Å². The zero-order valence-electron chi connectivity index (χ0n) is 22.7. The number of esters is 4. The predicted octanol–water partition coefficient (Wildman–Crippen LogP) is 3.30. The second kappa shape index (κ2) is 13.7. The maximum absolute atomic E-state index is 12.1. The third-order valence-corrected chi connectivity index (χ3v) is 5.99. The lowest BCUT2D eigenvalue weighted by Gasteiger charge is -2.44. The first-order valence-corrected chi connectivity index (χ1v) is 12.7. The molecule has 2 aromatic carbocycles. The minimum Gasteiger partial charge on any atom is -0.463 e. The molecule has 10 heteroatoms. The number of carbonyl (C=O) groups is 4. The molecule has 0 unspecified atom stereocenters. The number of rotatable bonds is 10. The van der Waals surface area contributed by atoms with Crippen LogP contribution in [0.2, 0.25) is 0 Å². The van der Waals surface area contributed by atoms with E-state index in [1.165, 1.54) is 33.3 Å². The van der Waals surface area contributed by atoms with Gasteiger partial charge in [-0.2, -0.15) is 0 Å². The summed E-state index contributed by atoms with van der Waals surface area (Å²) in [6.45, 7) is 6.49.